The first kappa shape index (κ1) is 22.2. The number of rotatable bonds is 4. The third kappa shape index (κ3) is 49.1. The van der Waals surface area contributed by atoms with Gasteiger partial charge in [0.1, 0.15) is 11.1 Å². The number of halogens is 4. The van der Waals surface area contributed by atoms with Crippen LogP contribution < -0.4 is 0 Å². The molecule has 0 bridgehead atoms. The Morgan fingerprint density at radius 2 is 1.13 bits per heavy atom. The van der Waals surface area contributed by atoms with E-state index in [1.54, 1.807) is 0 Å². The molecule has 2 atom stereocenters. The topological polar surface area (TPSA) is 40.5 Å². The predicted octanol–water partition coefficient (Wildman–Crippen LogP) is 4.06. The standard InChI is InChI=1S/2C4H9ClO.2ClH.Zr/c2*1-2-3-4(5)6;;;/h2*4,6H,2-3H2,1H3;2*1H;/q;;;;+2/p-2. The monoisotopic (exact) mass is 376 g/mol. The van der Waals surface area contributed by atoms with Gasteiger partial charge in [0, 0.05) is 0 Å². The first-order valence-corrected chi connectivity index (χ1v) is 11.8. The quantitative estimate of drug-likeness (QED) is 0.724. The fraction of sp³-hybridized carbons (Fsp3) is 1.00. The zero-order valence-electron chi connectivity index (χ0n) is 8.89. The van der Waals surface area contributed by atoms with E-state index in [0.29, 0.717) is 12.8 Å². The van der Waals surface area contributed by atoms with Crippen molar-refractivity contribution >= 4 is 40.2 Å². The maximum atomic E-state index is 8.32. The van der Waals surface area contributed by atoms with Crippen molar-refractivity contribution in [1.82, 2.24) is 0 Å². The van der Waals surface area contributed by atoms with E-state index in [-0.39, 0.29) is 0 Å². The van der Waals surface area contributed by atoms with Crippen molar-refractivity contribution in [2.75, 3.05) is 0 Å². The minimum absolute atomic E-state index is 0.630. The van der Waals surface area contributed by atoms with Crippen LogP contribution in [0, 0.1) is 0 Å². The van der Waals surface area contributed by atoms with Gasteiger partial charge in [-0.15, -0.1) is 0 Å². The first-order chi connectivity index (χ1) is 6.95. The summed E-state index contributed by atoms with van der Waals surface area (Å²) in [6, 6.07) is 0. The van der Waals surface area contributed by atoms with Gasteiger partial charge in [0.2, 0.25) is 0 Å². The van der Waals surface area contributed by atoms with E-state index in [9.17, 15) is 0 Å². The number of aliphatic hydroxyl groups excluding tert-OH is 2. The SMILES string of the molecule is CCCC(O)Cl.CCCC(O)Cl.[Cl][Zr][Cl]. The molecule has 0 aromatic carbocycles. The van der Waals surface area contributed by atoms with Crippen LogP contribution in [0.3, 0.4) is 0 Å². The van der Waals surface area contributed by atoms with Gasteiger partial charge in [0.15, 0.2) is 0 Å². The molecule has 0 fully saturated rings. The molecule has 7 heteroatoms. The Morgan fingerprint density at radius 3 is 1.13 bits per heavy atom. The second-order valence-electron chi connectivity index (χ2n) is 2.52. The van der Waals surface area contributed by atoms with Crippen molar-refractivity contribution in [2.45, 2.75) is 50.7 Å². The van der Waals surface area contributed by atoms with Crippen LogP contribution in [0.15, 0.2) is 0 Å². The van der Waals surface area contributed by atoms with E-state index in [1.165, 1.54) is 0 Å². The van der Waals surface area contributed by atoms with Crippen LogP contribution in [0.1, 0.15) is 39.5 Å². The number of alkyl halides is 2. The van der Waals surface area contributed by atoms with E-state index < -0.39 is 32.0 Å². The summed E-state index contributed by atoms with van der Waals surface area (Å²) in [6.45, 7) is 3.96. The van der Waals surface area contributed by atoms with Crippen molar-refractivity contribution in [1.29, 1.82) is 0 Å². The minimum atomic E-state index is -0.826. The van der Waals surface area contributed by atoms with E-state index in [0.717, 1.165) is 12.8 Å². The van der Waals surface area contributed by atoms with Gasteiger partial charge >= 0.3 is 37.9 Å². The van der Waals surface area contributed by atoms with Crippen molar-refractivity contribution in [3.8, 4) is 0 Å². The predicted molar refractivity (Wildman–Crippen MR) is 65.2 cm³/mol. The average molecular weight is 379 g/mol. The van der Waals surface area contributed by atoms with Crippen molar-refractivity contribution in [2.24, 2.45) is 0 Å². The number of aliphatic hydroxyl groups is 2. The second-order valence-corrected chi connectivity index (χ2v) is 7.26. The van der Waals surface area contributed by atoms with Gasteiger partial charge in [-0.25, -0.2) is 0 Å². The fourth-order valence-corrected chi connectivity index (χ4v) is 0.913. The molecule has 0 aliphatic heterocycles. The molecule has 0 radical (unpaired) electrons. The number of hydrogen-bond donors (Lipinski definition) is 2. The molecular weight excluding hydrogens is 361 g/mol. The van der Waals surface area contributed by atoms with Gasteiger partial charge in [0.25, 0.3) is 0 Å². The van der Waals surface area contributed by atoms with Gasteiger partial charge in [-0.3, -0.25) is 0 Å². The third-order valence-corrected chi connectivity index (χ3v) is 1.49. The third-order valence-electron chi connectivity index (χ3n) is 1.05. The zero-order valence-corrected chi connectivity index (χ0v) is 14.4. The molecule has 2 N–H and O–H groups in total. The van der Waals surface area contributed by atoms with Crippen LogP contribution >= 0.6 is 40.2 Å². The summed E-state index contributed by atoms with van der Waals surface area (Å²) in [7, 11) is 9.87. The maximum absolute atomic E-state index is 8.32. The summed E-state index contributed by atoms with van der Waals surface area (Å²) in [4.78, 5) is 0. The van der Waals surface area contributed by atoms with Gasteiger partial charge < -0.3 is 10.2 Å². The van der Waals surface area contributed by atoms with E-state index in [2.05, 4.69) is 0 Å². The Labute approximate surface area is 121 Å². The van der Waals surface area contributed by atoms with E-state index in [1.807, 2.05) is 13.8 Å². The van der Waals surface area contributed by atoms with Crippen LogP contribution in [0.4, 0.5) is 0 Å². The molecule has 94 valence electrons. The Hall–Kier alpha value is 1.96. The van der Waals surface area contributed by atoms with Crippen LogP contribution in [0.25, 0.3) is 0 Å². The molecule has 0 spiro atoms. The summed E-state index contributed by atoms with van der Waals surface area (Å²) >= 11 is 9.44. The molecule has 0 aromatic heterocycles. The van der Waals surface area contributed by atoms with Crippen LogP contribution in [-0.4, -0.2) is 21.3 Å². The summed E-state index contributed by atoms with van der Waals surface area (Å²) in [5.74, 6) is 0. The first-order valence-electron chi connectivity index (χ1n) is 4.56. The Kier molecular flexibility index (Phi) is 31.4. The van der Waals surface area contributed by atoms with Gasteiger partial charge in [0.05, 0.1) is 0 Å². The molecule has 2 nitrogen and oxygen atoms in total. The van der Waals surface area contributed by atoms with Gasteiger partial charge in [-0.1, -0.05) is 49.9 Å². The summed E-state index contributed by atoms with van der Waals surface area (Å²) in [5, 5.41) is 16.6. The molecule has 0 aliphatic carbocycles. The molecular formula is C8H18Cl4O2Zr. The summed E-state index contributed by atoms with van der Waals surface area (Å²) in [6.07, 6.45) is 3.29. The molecule has 0 aromatic rings. The molecule has 0 heterocycles. The number of hydrogen-bond acceptors (Lipinski definition) is 2. The van der Waals surface area contributed by atoms with Gasteiger partial charge in [-0.2, -0.15) is 0 Å². The fourth-order valence-electron chi connectivity index (χ4n) is 0.476. The molecule has 0 rings (SSSR count). The van der Waals surface area contributed by atoms with E-state index in [4.69, 9.17) is 50.4 Å². The molecule has 0 saturated heterocycles. The Balaban J connectivity index is -0.000000153. The Bertz CT molecular complexity index is 86.7. The average Bonchev–Trinajstić information content (AvgIpc) is 2.05. The molecule has 15 heavy (non-hydrogen) atoms. The molecule has 0 saturated carbocycles. The molecule has 0 aliphatic rings. The molecule has 0 amide bonds. The van der Waals surface area contributed by atoms with Gasteiger partial charge in [-0.05, 0) is 12.8 Å². The summed E-state index contributed by atoms with van der Waals surface area (Å²) < 4.78 is 0. The van der Waals surface area contributed by atoms with Crippen molar-refractivity contribution in [3.05, 3.63) is 0 Å². The van der Waals surface area contributed by atoms with Crippen molar-refractivity contribution < 1.29 is 31.1 Å². The van der Waals surface area contributed by atoms with Crippen LogP contribution in [0.5, 0.6) is 0 Å². The van der Waals surface area contributed by atoms with Crippen LogP contribution in [-0.2, 0) is 20.8 Å². The van der Waals surface area contributed by atoms with Crippen molar-refractivity contribution in [3.63, 3.8) is 0 Å². The van der Waals surface area contributed by atoms with E-state index >= 15 is 0 Å². The zero-order chi connectivity index (χ0) is 12.7. The Morgan fingerprint density at radius 1 is 0.933 bits per heavy atom. The normalized spacial score (nSPS) is 12.5. The molecule has 2 unspecified atom stereocenters. The second kappa shape index (κ2) is 21.3. The van der Waals surface area contributed by atoms with Crippen LogP contribution in [0.2, 0.25) is 0 Å². The summed E-state index contributed by atoms with van der Waals surface area (Å²) in [5.41, 5.74) is -1.26.